The van der Waals surface area contributed by atoms with Crippen LogP contribution in [-0.2, 0) is 0 Å². The van der Waals surface area contributed by atoms with E-state index in [1.165, 1.54) is 30.3 Å². The summed E-state index contributed by atoms with van der Waals surface area (Å²) in [7, 11) is 0. The Labute approximate surface area is 118 Å². The van der Waals surface area contributed by atoms with E-state index in [1.807, 2.05) is 0 Å². The zero-order valence-corrected chi connectivity index (χ0v) is 11.0. The molecule has 2 aromatic rings. The molecule has 1 amide bonds. The lowest BCUT2D eigenvalue weighted by atomic mass is 10.2. The molecule has 0 aliphatic heterocycles. The highest BCUT2D eigenvalue weighted by atomic mass is 35.5. The lowest BCUT2D eigenvalue weighted by molar-refractivity contribution is 0.102. The Morgan fingerprint density at radius 2 is 1.95 bits per heavy atom. The molecule has 0 bridgehead atoms. The fourth-order valence-electron chi connectivity index (χ4n) is 1.51. The molecule has 3 nitrogen and oxygen atoms in total. The summed E-state index contributed by atoms with van der Waals surface area (Å²) >= 11 is 11.5. The molecule has 6 heteroatoms. The van der Waals surface area contributed by atoms with Crippen LogP contribution in [0.4, 0.5) is 10.1 Å². The molecule has 0 unspecified atom stereocenters. The van der Waals surface area contributed by atoms with Gasteiger partial charge in [-0.05, 0) is 30.3 Å². The first kappa shape index (κ1) is 13.6. The molecule has 2 rings (SSSR count). The lowest BCUT2D eigenvalue weighted by Crippen LogP contribution is -2.14. The number of rotatable bonds is 2. The van der Waals surface area contributed by atoms with Crippen LogP contribution in [0.15, 0.2) is 36.4 Å². The molecule has 0 spiro atoms. The number of hydrogen-bond donors (Lipinski definition) is 2. The van der Waals surface area contributed by atoms with Gasteiger partial charge in [0.25, 0.3) is 5.91 Å². The minimum atomic E-state index is -0.763. The summed E-state index contributed by atoms with van der Waals surface area (Å²) in [5.74, 6) is -1.68. The summed E-state index contributed by atoms with van der Waals surface area (Å²) in [4.78, 5) is 11.9. The van der Waals surface area contributed by atoms with E-state index in [4.69, 9.17) is 23.2 Å². The van der Waals surface area contributed by atoms with Crippen LogP contribution in [0.2, 0.25) is 10.0 Å². The van der Waals surface area contributed by atoms with Crippen LogP contribution in [0, 0.1) is 5.82 Å². The molecule has 19 heavy (non-hydrogen) atoms. The third-order valence-electron chi connectivity index (χ3n) is 2.40. The highest BCUT2D eigenvalue weighted by Crippen LogP contribution is 2.28. The summed E-state index contributed by atoms with van der Waals surface area (Å²) in [5, 5.41) is 12.2. The van der Waals surface area contributed by atoms with Crippen LogP contribution in [0.3, 0.4) is 0 Å². The monoisotopic (exact) mass is 299 g/mol. The van der Waals surface area contributed by atoms with Gasteiger partial charge in [-0.15, -0.1) is 0 Å². The summed E-state index contributed by atoms with van der Waals surface area (Å²) in [6, 6.07) is 8.05. The smallest absolute Gasteiger partial charge is 0.260 e. The Kier molecular flexibility index (Phi) is 3.93. The molecular weight excluding hydrogens is 292 g/mol. The zero-order chi connectivity index (χ0) is 14.0. The van der Waals surface area contributed by atoms with E-state index in [-0.39, 0.29) is 22.0 Å². The number of halogens is 3. The summed E-state index contributed by atoms with van der Waals surface area (Å²) < 4.78 is 13.5. The lowest BCUT2D eigenvalue weighted by Gasteiger charge is -2.09. The van der Waals surface area contributed by atoms with Crippen molar-refractivity contribution in [1.29, 1.82) is 0 Å². The third-order valence-corrected chi connectivity index (χ3v) is 2.95. The maximum atomic E-state index is 13.5. The van der Waals surface area contributed by atoms with Crippen molar-refractivity contribution < 1.29 is 14.3 Å². The van der Waals surface area contributed by atoms with Gasteiger partial charge < -0.3 is 10.4 Å². The number of carbonyl (C=O) groups is 1. The van der Waals surface area contributed by atoms with Crippen molar-refractivity contribution in [3.8, 4) is 5.75 Å². The Balaban J connectivity index is 2.34. The highest BCUT2D eigenvalue weighted by molar-refractivity contribution is 6.34. The molecule has 0 aromatic heterocycles. The zero-order valence-electron chi connectivity index (χ0n) is 9.45. The van der Waals surface area contributed by atoms with E-state index in [9.17, 15) is 14.3 Å². The molecule has 0 heterocycles. The Morgan fingerprint density at radius 1 is 1.21 bits per heavy atom. The summed E-state index contributed by atoms with van der Waals surface area (Å²) in [5.41, 5.74) is -0.208. The number of carbonyl (C=O) groups excluding carboxylic acids is 1. The quantitative estimate of drug-likeness (QED) is 0.821. The van der Waals surface area contributed by atoms with Gasteiger partial charge in [-0.3, -0.25) is 4.79 Å². The molecule has 98 valence electrons. The van der Waals surface area contributed by atoms with Crippen molar-refractivity contribution in [1.82, 2.24) is 0 Å². The maximum Gasteiger partial charge on any atom is 0.260 e. The predicted molar refractivity (Wildman–Crippen MR) is 72.5 cm³/mol. The van der Waals surface area contributed by atoms with Crippen molar-refractivity contribution in [2.45, 2.75) is 0 Å². The van der Waals surface area contributed by atoms with Gasteiger partial charge in [0.1, 0.15) is 11.6 Å². The van der Waals surface area contributed by atoms with Gasteiger partial charge >= 0.3 is 0 Å². The normalized spacial score (nSPS) is 10.3. The number of benzene rings is 2. The molecule has 0 saturated carbocycles. The Morgan fingerprint density at radius 3 is 2.63 bits per heavy atom. The van der Waals surface area contributed by atoms with Gasteiger partial charge in [-0.1, -0.05) is 29.3 Å². The molecule has 2 N–H and O–H groups in total. The molecule has 0 aliphatic carbocycles. The summed E-state index contributed by atoms with van der Waals surface area (Å²) in [6.45, 7) is 0. The SMILES string of the molecule is O=C(Nc1cc(Cl)ccc1O)c1c(F)cccc1Cl. The van der Waals surface area contributed by atoms with E-state index in [0.29, 0.717) is 5.02 Å². The number of hydrogen-bond acceptors (Lipinski definition) is 2. The number of phenolic OH excluding ortho intramolecular Hbond substituents is 1. The van der Waals surface area contributed by atoms with Crippen LogP contribution in [-0.4, -0.2) is 11.0 Å². The topological polar surface area (TPSA) is 49.3 Å². The average molecular weight is 300 g/mol. The Hall–Kier alpha value is -1.78. The predicted octanol–water partition coefficient (Wildman–Crippen LogP) is 4.09. The van der Waals surface area contributed by atoms with Gasteiger partial charge in [-0.2, -0.15) is 0 Å². The van der Waals surface area contributed by atoms with Gasteiger partial charge in [-0.25, -0.2) is 4.39 Å². The Bertz CT molecular complexity index is 626. The molecule has 0 radical (unpaired) electrons. The van der Waals surface area contributed by atoms with Crippen molar-refractivity contribution in [2.75, 3.05) is 5.32 Å². The first-order valence-corrected chi connectivity index (χ1v) is 5.98. The first-order chi connectivity index (χ1) is 8.99. The van der Waals surface area contributed by atoms with Crippen LogP contribution in [0.1, 0.15) is 10.4 Å². The van der Waals surface area contributed by atoms with Gasteiger partial charge in [0.15, 0.2) is 0 Å². The molecule has 0 fully saturated rings. The number of amides is 1. The second-order valence-corrected chi connectivity index (χ2v) is 4.56. The van der Waals surface area contributed by atoms with Crippen molar-refractivity contribution in [2.24, 2.45) is 0 Å². The second kappa shape index (κ2) is 5.47. The minimum Gasteiger partial charge on any atom is -0.506 e. The van der Waals surface area contributed by atoms with Crippen molar-refractivity contribution in [3.63, 3.8) is 0 Å². The highest BCUT2D eigenvalue weighted by Gasteiger charge is 2.17. The van der Waals surface area contributed by atoms with Crippen LogP contribution < -0.4 is 5.32 Å². The van der Waals surface area contributed by atoms with Crippen LogP contribution in [0.25, 0.3) is 0 Å². The molecule has 0 atom stereocenters. The van der Waals surface area contributed by atoms with Crippen LogP contribution >= 0.6 is 23.2 Å². The van der Waals surface area contributed by atoms with E-state index in [0.717, 1.165) is 6.07 Å². The standard InChI is InChI=1S/C13H8Cl2FNO2/c14-7-4-5-11(18)10(6-7)17-13(19)12-8(15)2-1-3-9(12)16/h1-6,18H,(H,17,19). The second-order valence-electron chi connectivity index (χ2n) is 3.71. The average Bonchev–Trinajstić information content (AvgIpc) is 2.33. The maximum absolute atomic E-state index is 13.5. The van der Waals surface area contributed by atoms with E-state index >= 15 is 0 Å². The molecule has 0 aliphatic rings. The summed E-state index contributed by atoms with van der Waals surface area (Å²) in [6.07, 6.45) is 0. The van der Waals surface area contributed by atoms with Gasteiger partial charge in [0, 0.05) is 5.02 Å². The van der Waals surface area contributed by atoms with E-state index in [2.05, 4.69) is 5.32 Å². The van der Waals surface area contributed by atoms with Gasteiger partial charge in [0.05, 0.1) is 16.3 Å². The van der Waals surface area contributed by atoms with Gasteiger partial charge in [0.2, 0.25) is 0 Å². The largest absolute Gasteiger partial charge is 0.506 e. The third kappa shape index (κ3) is 2.97. The van der Waals surface area contributed by atoms with E-state index in [1.54, 1.807) is 0 Å². The molecule has 0 saturated heterocycles. The van der Waals surface area contributed by atoms with Crippen molar-refractivity contribution in [3.05, 3.63) is 57.8 Å². The number of aromatic hydroxyl groups is 1. The minimum absolute atomic E-state index is 0.0148. The van der Waals surface area contributed by atoms with Crippen molar-refractivity contribution >= 4 is 34.8 Å². The van der Waals surface area contributed by atoms with Crippen LogP contribution in [0.5, 0.6) is 5.75 Å². The van der Waals surface area contributed by atoms with E-state index < -0.39 is 11.7 Å². The molecular formula is C13H8Cl2FNO2. The number of anilines is 1. The molecule has 2 aromatic carbocycles. The fourth-order valence-corrected chi connectivity index (χ4v) is 1.93. The number of phenols is 1. The fraction of sp³-hybridized carbons (Fsp3) is 0. The number of nitrogens with one attached hydrogen (secondary N) is 1. The first-order valence-electron chi connectivity index (χ1n) is 5.23.